The minimum absolute atomic E-state index is 0.107. The lowest BCUT2D eigenvalue weighted by Crippen LogP contribution is -2.45. The molecule has 1 aromatic carbocycles. The molecule has 1 aliphatic heterocycles. The van der Waals surface area contributed by atoms with E-state index in [0.29, 0.717) is 30.7 Å². The van der Waals surface area contributed by atoms with Crippen molar-refractivity contribution < 1.29 is 4.74 Å². The van der Waals surface area contributed by atoms with Crippen molar-refractivity contribution in [2.75, 3.05) is 25.1 Å². The second-order valence-electron chi connectivity index (χ2n) is 6.04. The van der Waals surface area contributed by atoms with Gasteiger partial charge in [0.25, 0.3) is 0 Å². The summed E-state index contributed by atoms with van der Waals surface area (Å²) in [5, 5.41) is 7.74. The Morgan fingerprint density at radius 2 is 2.00 bits per heavy atom. The second kappa shape index (κ2) is 8.67. The van der Waals surface area contributed by atoms with Gasteiger partial charge in [-0.2, -0.15) is 0 Å². The van der Waals surface area contributed by atoms with Crippen LogP contribution in [-0.2, 0) is 10.2 Å². The van der Waals surface area contributed by atoms with Crippen LogP contribution in [0.3, 0.4) is 0 Å². The molecule has 0 saturated carbocycles. The van der Waals surface area contributed by atoms with Crippen LogP contribution in [0.15, 0.2) is 30.5 Å². The minimum Gasteiger partial charge on any atom is -0.381 e. The van der Waals surface area contributed by atoms with E-state index in [2.05, 4.69) is 26.7 Å². The number of nitrogens with one attached hydrogen (secondary N) is 2. The van der Waals surface area contributed by atoms with Gasteiger partial charge in [0.15, 0.2) is 16.1 Å². The third-order valence-electron chi connectivity index (χ3n) is 4.41. The highest BCUT2D eigenvalue weighted by Gasteiger charge is 2.34. The van der Waals surface area contributed by atoms with Gasteiger partial charge in [0, 0.05) is 30.2 Å². The highest BCUT2D eigenvalue weighted by Crippen LogP contribution is 2.35. The van der Waals surface area contributed by atoms with Crippen LogP contribution in [0.2, 0.25) is 15.3 Å². The molecule has 1 saturated heterocycles. The number of hydrogen-bond donors (Lipinski definition) is 2. The van der Waals surface area contributed by atoms with Crippen LogP contribution in [0.5, 0.6) is 0 Å². The standard InChI is InChI=1S/C17H17Cl3N4OS/c18-12-3-1-2-11(8-12)17(4-6-25-7-5-17)10-22-16(26)24-15-14(20)23-13(19)9-21-15/h1-3,8-9H,4-7,10H2,(H2,21,22,24,26). The molecule has 2 aromatic rings. The number of hydrogen-bond acceptors (Lipinski definition) is 4. The van der Waals surface area contributed by atoms with Crippen molar-refractivity contribution >= 4 is 58.0 Å². The Labute approximate surface area is 172 Å². The number of anilines is 1. The summed E-state index contributed by atoms with van der Waals surface area (Å²) < 4.78 is 5.55. The summed E-state index contributed by atoms with van der Waals surface area (Å²) in [5.74, 6) is 0.359. The molecular weight excluding hydrogens is 415 g/mol. The lowest BCUT2D eigenvalue weighted by molar-refractivity contribution is 0.0515. The van der Waals surface area contributed by atoms with Gasteiger partial charge in [0.2, 0.25) is 0 Å². The molecule has 0 bridgehead atoms. The van der Waals surface area contributed by atoms with Gasteiger partial charge < -0.3 is 15.4 Å². The predicted octanol–water partition coefficient (Wildman–Crippen LogP) is 4.47. The number of ether oxygens (including phenoxy) is 1. The summed E-state index contributed by atoms with van der Waals surface area (Å²) in [6, 6.07) is 7.94. The van der Waals surface area contributed by atoms with E-state index in [4.69, 9.17) is 51.8 Å². The Hall–Kier alpha value is -1.18. The summed E-state index contributed by atoms with van der Waals surface area (Å²) in [6.45, 7) is 2.03. The van der Waals surface area contributed by atoms with Gasteiger partial charge in [-0.05, 0) is 42.8 Å². The maximum absolute atomic E-state index is 6.20. The monoisotopic (exact) mass is 430 g/mol. The van der Waals surface area contributed by atoms with Gasteiger partial charge >= 0.3 is 0 Å². The van der Waals surface area contributed by atoms with Crippen molar-refractivity contribution in [3.8, 4) is 0 Å². The van der Waals surface area contributed by atoms with Crippen LogP contribution >= 0.6 is 47.0 Å². The summed E-state index contributed by atoms with van der Waals surface area (Å²) in [6.07, 6.45) is 3.17. The van der Waals surface area contributed by atoms with E-state index in [1.54, 1.807) is 0 Å². The molecular formula is C17H17Cl3N4OS. The predicted molar refractivity (Wildman–Crippen MR) is 109 cm³/mol. The molecule has 0 atom stereocenters. The van der Waals surface area contributed by atoms with Crippen LogP contribution in [0, 0.1) is 0 Å². The van der Waals surface area contributed by atoms with E-state index in [1.165, 1.54) is 11.8 Å². The van der Waals surface area contributed by atoms with Gasteiger partial charge in [0.1, 0.15) is 5.15 Å². The normalized spacial score (nSPS) is 16.1. The van der Waals surface area contributed by atoms with Crippen molar-refractivity contribution in [1.29, 1.82) is 0 Å². The third kappa shape index (κ3) is 4.75. The average molecular weight is 432 g/mol. The maximum Gasteiger partial charge on any atom is 0.173 e. The van der Waals surface area contributed by atoms with E-state index in [0.717, 1.165) is 17.9 Å². The summed E-state index contributed by atoms with van der Waals surface area (Å²) in [7, 11) is 0. The Bertz CT molecular complexity index is 799. The first-order valence-corrected chi connectivity index (χ1v) is 9.59. The molecule has 1 aromatic heterocycles. The largest absolute Gasteiger partial charge is 0.381 e. The molecule has 0 aliphatic carbocycles. The zero-order valence-corrected chi connectivity index (χ0v) is 16.9. The van der Waals surface area contributed by atoms with Crippen LogP contribution in [0.25, 0.3) is 0 Å². The molecule has 1 aliphatic rings. The minimum atomic E-state index is -0.107. The Balaban J connectivity index is 1.70. The molecule has 0 spiro atoms. The lowest BCUT2D eigenvalue weighted by Gasteiger charge is -2.38. The quantitative estimate of drug-likeness (QED) is 0.697. The van der Waals surface area contributed by atoms with Crippen LogP contribution < -0.4 is 10.6 Å². The van der Waals surface area contributed by atoms with E-state index >= 15 is 0 Å². The smallest absolute Gasteiger partial charge is 0.173 e. The second-order valence-corrected chi connectivity index (χ2v) is 7.63. The molecule has 0 amide bonds. The average Bonchev–Trinajstić information content (AvgIpc) is 2.63. The topological polar surface area (TPSA) is 59.1 Å². The third-order valence-corrected chi connectivity index (χ3v) is 5.33. The molecule has 26 heavy (non-hydrogen) atoms. The summed E-state index contributed by atoms with van der Waals surface area (Å²) >= 11 is 23.4. The van der Waals surface area contributed by atoms with Crippen molar-refractivity contribution in [3.05, 3.63) is 51.4 Å². The molecule has 0 radical (unpaired) electrons. The zero-order chi connectivity index (χ0) is 18.6. The Morgan fingerprint density at radius 3 is 2.69 bits per heavy atom. The Kier molecular flexibility index (Phi) is 6.53. The Morgan fingerprint density at radius 1 is 1.23 bits per heavy atom. The molecule has 3 rings (SSSR count). The van der Waals surface area contributed by atoms with Crippen molar-refractivity contribution in [3.63, 3.8) is 0 Å². The van der Waals surface area contributed by atoms with Crippen LogP contribution in [-0.4, -0.2) is 34.8 Å². The van der Waals surface area contributed by atoms with Crippen LogP contribution in [0.4, 0.5) is 5.82 Å². The molecule has 0 unspecified atom stereocenters. The van der Waals surface area contributed by atoms with Crippen molar-refractivity contribution in [2.45, 2.75) is 18.3 Å². The number of rotatable bonds is 4. The van der Waals surface area contributed by atoms with Gasteiger partial charge in [-0.25, -0.2) is 9.97 Å². The fourth-order valence-electron chi connectivity index (χ4n) is 2.98. The first-order valence-electron chi connectivity index (χ1n) is 8.05. The molecule has 5 nitrogen and oxygen atoms in total. The molecule has 9 heteroatoms. The first-order chi connectivity index (χ1) is 12.5. The van der Waals surface area contributed by atoms with Gasteiger partial charge in [-0.3, -0.25) is 0 Å². The van der Waals surface area contributed by atoms with Gasteiger partial charge in [0.05, 0.1) is 6.20 Å². The molecule has 2 N–H and O–H groups in total. The number of halogens is 3. The van der Waals surface area contributed by atoms with E-state index in [1.807, 2.05) is 18.2 Å². The maximum atomic E-state index is 6.20. The SMILES string of the molecule is S=C(NCC1(c2cccc(Cl)c2)CCOCC1)Nc1ncc(Cl)nc1Cl. The van der Waals surface area contributed by atoms with Gasteiger partial charge in [-0.15, -0.1) is 0 Å². The zero-order valence-electron chi connectivity index (χ0n) is 13.8. The number of thiocarbonyl (C=S) groups is 1. The molecule has 138 valence electrons. The fourth-order valence-corrected chi connectivity index (χ4v) is 3.70. The highest BCUT2D eigenvalue weighted by atomic mass is 35.5. The number of aromatic nitrogens is 2. The molecule has 1 fully saturated rings. The van der Waals surface area contributed by atoms with Crippen molar-refractivity contribution in [1.82, 2.24) is 15.3 Å². The lowest BCUT2D eigenvalue weighted by atomic mass is 9.74. The summed E-state index contributed by atoms with van der Waals surface area (Å²) in [4.78, 5) is 8.03. The first kappa shape index (κ1) is 19.6. The van der Waals surface area contributed by atoms with Crippen LogP contribution in [0.1, 0.15) is 18.4 Å². The van der Waals surface area contributed by atoms with E-state index in [-0.39, 0.29) is 15.7 Å². The summed E-state index contributed by atoms with van der Waals surface area (Å²) in [5.41, 5.74) is 1.07. The van der Waals surface area contributed by atoms with Crippen molar-refractivity contribution in [2.24, 2.45) is 0 Å². The van der Waals surface area contributed by atoms with E-state index in [9.17, 15) is 0 Å². The molecule has 2 heterocycles. The number of benzene rings is 1. The highest BCUT2D eigenvalue weighted by molar-refractivity contribution is 7.80. The van der Waals surface area contributed by atoms with E-state index < -0.39 is 0 Å². The fraction of sp³-hybridized carbons (Fsp3) is 0.353. The number of nitrogens with zero attached hydrogens (tertiary/aromatic N) is 2. The van der Waals surface area contributed by atoms with Gasteiger partial charge in [-0.1, -0.05) is 46.9 Å².